The SMILES string of the molecule is CCN(Cc1ccc(C(=O)N(C)C)cc1)C(=O)C1CC(F)(F)CN1. The molecule has 1 aromatic rings. The van der Waals surface area contributed by atoms with Crippen LogP contribution in [0.2, 0.25) is 0 Å². The lowest BCUT2D eigenvalue weighted by Gasteiger charge is -2.24. The van der Waals surface area contributed by atoms with Crippen LogP contribution in [0, 0.1) is 0 Å². The molecule has 0 radical (unpaired) electrons. The molecule has 0 aromatic heterocycles. The van der Waals surface area contributed by atoms with Crippen molar-refractivity contribution in [2.75, 3.05) is 27.2 Å². The van der Waals surface area contributed by atoms with Gasteiger partial charge in [-0.1, -0.05) is 12.1 Å². The zero-order valence-electron chi connectivity index (χ0n) is 14.2. The Labute approximate surface area is 140 Å². The Morgan fingerprint density at radius 2 is 1.88 bits per heavy atom. The molecular weight excluding hydrogens is 316 g/mol. The third-order valence-electron chi connectivity index (χ3n) is 4.08. The topological polar surface area (TPSA) is 52.7 Å². The fraction of sp³-hybridized carbons (Fsp3) is 0.529. The maximum absolute atomic E-state index is 13.3. The number of hydrogen-bond acceptors (Lipinski definition) is 3. The Morgan fingerprint density at radius 3 is 2.33 bits per heavy atom. The fourth-order valence-electron chi connectivity index (χ4n) is 2.69. The van der Waals surface area contributed by atoms with Crippen molar-refractivity contribution in [3.8, 4) is 0 Å². The summed E-state index contributed by atoms with van der Waals surface area (Å²) in [5.74, 6) is -3.24. The van der Waals surface area contributed by atoms with Crippen LogP contribution < -0.4 is 5.32 Å². The first-order chi connectivity index (χ1) is 11.2. The lowest BCUT2D eigenvalue weighted by Crippen LogP contribution is -2.43. The summed E-state index contributed by atoms with van der Waals surface area (Å²) in [4.78, 5) is 27.3. The van der Waals surface area contributed by atoms with Gasteiger partial charge in [0.25, 0.3) is 11.8 Å². The molecule has 1 unspecified atom stereocenters. The third-order valence-corrected chi connectivity index (χ3v) is 4.08. The second-order valence-electron chi connectivity index (χ2n) is 6.24. The number of halogens is 2. The van der Waals surface area contributed by atoms with E-state index in [1.165, 1.54) is 4.90 Å². The predicted octanol–water partition coefficient (Wildman–Crippen LogP) is 1.73. The van der Waals surface area contributed by atoms with E-state index in [-0.39, 0.29) is 11.8 Å². The van der Waals surface area contributed by atoms with Crippen LogP contribution in [0.3, 0.4) is 0 Å². The number of benzene rings is 1. The van der Waals surface area contributed by atoms with Gasteiger partial charge in [-0.2, -0.15) is 0 Å². The Hall–Kier alpha value is -2.02. The summed E-state index contributed by atoms with van der Waals surface area (Å²) >= 11 is 0. The molecule has 1 fully saturated rings. The van der Waals surface area contributed by atoms with Crippen LogP contribution >= 0.6 is 0 Å². The molecule has 5 nitrogen and oxygen atoms in total. The molecule has 1 aliphatic rings. The maximum atomic E-state index is 13.3. The van der Waals surface area contributed by atoms with Gasteiger partial charge in [-0.25, -0.2) is 8.78 Å². The van der Waals surface area contributed by atoms with Gasteiger partial charge >= 0.3 is 0 Å². The van der Waals surface area contributed by atoms with E-state index >= 15 is 0 Å². The predicted molar refractivity (Wildman–Crippen MR) is 86.9 cm³/mol. The fourth-order valence-corrected chi connectivity index (χ4v) is 2.69. The molecule has 1 aromatic carbocycles. The van der Waals surface area contributed by atoms with Gasteiger partial charge in [0.05, 0.1) is 12.6 Å². The normalized spacial score (nSPS) is 19.1. The van der Waals surface area contributed by atoms with Gasteiger partial charge in [0.2, 0.25) is 5.91 Å². The summed E-state index contributed by atoms with van der Waals surface area (Å²) in [7, 11) is 3.36. The molecule has 1 saturated heterocycles. The first kappa shape index (κ1) is 18.3. The van der Waals surface area contributed by atoms with Crippen LogP contribution in [0.15, 0.2) is 24.3 Å². The molecule has 1 heterocycles. The van der Waals surface area contributed by atoms with E-state index in [2.05, 4.69) is 5.32 Å². The van der Waals surface area contributed by atoms with Crippen molar-refractivity contribution >= 4 is 11.8 Å². The molecule has 1 aliphatic heterocycles. The number of likely N-dealkylation sites (N-methyl/N-ethyl adjacent to an activating group) is 1. The minimum atomic E-state index is -2.83. The molecule has 2 amide bonds. The summed E-state index contributed by atoms with van der Waals surface area (Å²) in [6.07, 6.45) is -0.460. The van der Waals surface area contributed by atoms with Gasteiger partial charge < -0.3 is 9.80 Å². The number of carbonyl (C=O) groups excluding carboxylic acids is 2. The standard InChI is InChI=1S/C17H23F2N3O2/c1-4-22(16(24)14-9-17(18,19)11-20-14)10-12-5-7-13(8-6-12)15(23)21(2)3/h5-8,14,20H,4,9-11H2,1-3H3. The van der Waals surface area contributed by atoms with E-state index in [1.807, 2.05) is 6.92 Å². The van der Waals surface area contributed by atoms with Crippen LogP contribution in [0.1, 0.15) is 29.3 Å². The lowest BCUT2D eigenvalue weighted by molar-refractivity contribution is -0.134. The number of nitrogens with zero attached hydrogens (tertiary/aromatic N) is 2. The van der Waals surface area contributed by atoms with Crippen molar-refractivity contribution in [3.05, 3.63) is 35.4 Å². The van der Waals surface area contributed by atoms with Gasteiger partial charge in [0, 0.05) is 39.2 Å². The third kappa shape index (κ3) is 4.29. The highest BCUT2D eigenvalue weighted by atomic mass is 19.3. The number of carbonyl (C=O) groups is 2. The summed E-state index contributed by atoms with van der Waals surface area (Å²) in [5.41, 5.74) is 1.42. The van der Waals surface area contributed by atoms with Crippen LogP contribution in [-0.2, 0) is 11.3 Å². The number of alkyl halides is 2. The maximum Gasteiger partial charge on any atom is 0.262 e. The summed E-state index contributed by atoms with van der Waals surface area (Å²) in [6.45, 7) is 2.12. The second kappa shape index (κ2) is 7.25. The highest BCUT2D eigenvalue weighted by Gasteiger charge is 2.43. The van der Waals surface area contributed by atoms with Crippen LogP contribution in [0.4, 0.5) is 8.78 Å². The van der Waals surface area contributed by atoms with E-state index in [0.29, 0.717) is 18.7 Å². The summed E-state index contributed by atoms with van der Waals surface area (Å²) < 4.78 is 26.5. The summed E-state index contributed by atoms with van der Waals surface area (Å²) in [5, 5.41) is 2.59. The molecule has 24 heavy (non-hydrogen) atoms. The first-order valence-electron chi connectivity index (χ1n) is 7.94. The molecule has 0 spiro atoms. The lowest BCUT2D eigenvalue weighted by atomic mass is 10.1. The van der Waals surface area contributed by atoms with E-state index in [0.717, 1.165) is 5.56 Å². The molecule has 2 rings (SSSR count). The van der Waals surface area contributed by atoms with Crippen molar-refractivity contribution in [2.24, 2.45) is 0 Å². The Kier molecular flexibility index (Phi) is 5.54. The highest BCUT2D eigenvalue weighted by molar-refractivity contribution is 5.93. The van der Waals surface area contributed by atoms with Crippen molar-refractivity contribution in [3.63, 3.8) is 0 Å². The monoisotopic (exact) mass is 339 g/mol. The van der Waals surface area contributed by atoms with Crippen LogP contribution in [0.5, 0.6) is 0 Å². The van der Waals surface area contributed by atoms with Gasteiger partial charge in [-0.3, -0.25) is 14.9 Å². The van der Waals surface area contributed by atoms with Crippen molar-refractivity contribution < 1.29 is 18.4 Å². The zero-order chi connectivity index (χ0) is 17.9. The molecule has 132 valence electrons. The van der Waals surface area contributed by atoms with E-state index in [4.69, 9.17) is 0 Å². The average Bonchev–Trinajstić information content (AvgIpc) is 2.91. The number of rotatable bonds is 5. The van der Waals surface area contributed by atoms with Gasteiger partial charge in [0.15, 0.2) is 0 Å². The van der Waals surface area contributed by atoms with Crippen molar-refractivity contribution in [2.45, 2.75) is 31.9 Å². The van der Waals surface area contributed by atoms with E-state index < -0.39 is 24.9 Å². The van der Waals surface area contributed by atoms with Crippen molar-refractivity contribution in [1.29, 1.82) is 0 Å². The van der Waals surface area contributed by atoms with Crippen LogP contribution in [-0.4, -0.2) is 60.8 Å². The molecule has 0 saturated carbocycles. The number of amides is 2. The Bertz CT molecular complexity index is 602. The largest absolute Gasteiger partial charge is 0.345 e. The molecule has 0 bridgehead atoms. The summed E-state index contributed by atoms with van der Waals surface area (Å²) in [6, 6.07) is 6.14. The van der Waals surface area contributed by atoms with E-state index in [9.17, 15) is 18.4 Å². The number of hydrogen-bond donors (Lipinski definition) is 1. The van der Waals surface area contributed by atoms with Gasteiger partial charge in [-0.15, -0.1) is 0 Å². The smallest absolute Gasteiger partial charge is 0.262 e. The van der Waals surface area contributed by atoms with Crippen molar-refractivity contribution in [1.82, 2.24) is 15.1 Å². The minimum absolute atomic E-state index is 0.0950. The highest BCUT2D eigenvalue weighted by Crippen LogP contribution is 2.26. The molecule has 0 aliphatic carbocycles. The van der Waals surface area contributed by atoms with Gasteiger partial charge in [0.1, 0.15) is 0 Å². The number of nitrogens with one attached hydrogen (secondary N) is 1. The quantitative estimate of drug-likeness (QED) is 0.889. The zero-order valence-corrected chi connectivity index (χ0v) is 14.2. The molecular formula is C17H23F2N3O2. The minimum Gasteiger partial charge on any atom is -0.345 e. The molecule has 1 N–H and O–H groups in total. The Balaban J connectivity index is 2.02. The van der Waals surface area contributed by atoms with Crippen LogP contribution in [0.25, 0.3) is 0 Å². The van der Waals surface area contributed by atoms with E-state index in [1.54, 1.807) is 43.3 Å². The molecule has 1 atom stereocenters. The first-order valence-corrected chi connectivity index (χ1v) is 7.94. The Morgan fingerprint density at radius 1 is 1.25 bits per heavy atom. The van der Waals surface area contributed by atoms with Gasteiger partial charge in [-0.05, 0) is 24.6 Å². The molecule has 7 heteroatoms. The average molecular weight is 339 g/mol. The second-order valence-corrected chi connectivity index (χ2v) is 6.24.